The fraction of sp³-hybridized carbons (Fsp3) is 0.455. The van der Waals surface area contributed by atoms with Crippen molar-refractivity contribution in [2.24, 2.45) is 0 Å². The second kappa shape index (κ2) is 6.78. The van der Waals surface area contributed by atoms with E-state index in [0.29, 0.717) is 23.3 Å². The number of Topliss-reactive ketones (excluding diaryl/α,β-unsaturated/α-hetero) is 1. The van der Waals surface area contributed by atoms with Crippen molar-refractivity contribution in [1.29, 1.82) is 0 Å². The zero-order valence-electron chi connectivity index (χ0n) is 16.9. The highest BCUT2D eigenvalue weighted by Gasteiger charge is 2.28. The zero-order chi connectivity index (χ0) is 20.9. The quantitative estimate of drug-likeness (QED) is 0.816. The first-order chi connectivity index (χ1) is 12.9. The van der Waals surface area contributed by atoms with Crippen LogP contribution in [0.4, 0.5) is 0 Å². The Kier molecular flexibility index (Phi) is 4.88. The average molecular weight is 386 g/mol. The second-order valence-corrected chi connectivity index (χ2v) is 8.57. The van der Waals surface area contributed by atoms with Gasteiger partial charge < -0.3 is 19.4 Å². The van der Waals surface area contributed by atoms with Crippen molar-refractivity contribution in [3.63, 3.8) is 0 Å². The lowest BCUT2D eigenvalue weighted by atomic mass is 9.94. The van der Waals surface area contributed by atoms with Crippen LogP contribution in [0.25, 0.3) is 17.0 Å². The van der Waals surface area contributed by atoms with Crippen molar-refractivity contribution in [1.82, 2.24) is 0 Å². The Morgan fingerprint density at radius 2 is 1.96 bits per heavy atom. The number of aromatic hydroxyl groups is 1. The molecule has 0 atom stereocenters. The summed E-state index contributed by atoms with van der Waals surface area (Å²) in [6.45, 7) is 8.49. The van der Waals surface area contributed by atoms with E-state index in [1.807, 2.05) is 19.9 Å². The van der Waals surface area contributed by atoms with Gasteiger partial charge in [0.2, 0.25) is 0 Å². The first kappa shape index (κ1) is 20.1. The molecule has 1 aliphatic rings. The smallest absolute Gasteiger partial charge is 0.199 e. The van der Waals surface area contributed by atoms with Crippen LogP contribution >= 0.6 is 0 Å². The van der Waals surface area contributed by atoms with E-state index < -0.39 is 11.2 Å². The Bertz CT molecular complexity index is 1030. The minimum Gasteiger partial charge on any atom is -0.507 e. The largest absolute Gasteiger partial charge is 0.507 e. The summed E-state index contributed by atoms with van der Waals surface area (Å²) in [6.07, 6.45) is 4.17. The van der Waals surface area contributed by atoms with Crippen molar-refractivity contribution >= 4 is 22.8 Å². The van der Waals surface area contributed by atoms with Gasteiger partial charge in [0.05, 0.1) is 17.6 Å². The molecule has 2 N–H and O–H groups in total. The van der Waals surface area contributed by atoms with Gasteiger partial charge in [-0.3, -0.25) is 9.59 Å². The SMILES string of the molecule is CC(=O)Cc1oc2c3c(cc(O)c2c(=O)c1CCC(C)(C)O)OC(C)(C)C=C3. The predicted molar refractivity (Wildman–Crippen MR) is 107 cm³/mol. The standard InChI is InChI=1S/C22H26O6/c1-12(23)10-16-13(6-8-21(2,3)26)19(25)18-15(24)11-17-14(20(18)27-16)7-9-22(4,5)28-17/h7,9,11,24,26H,6,8,10H2,1-5H3. The molecule has 0 saturated carbocycles. The molecular weight excluding hydrogens is 360 g/mol. The Balaban J connectivity index is 2.28. The fourth-order valence-electron chi connectivity index (χ4n) is 3.32. The van der Waals surface area contributed by atoms with E-state index >= 15 is 0 Å². The molecule has 0 amide bonds. The zero-order valence-corrected chi connectivity index (χ0v) is 16.9. The number of ketones is 1. The van der Waals surface area contributed by atoms with Crippen LogP contribution in [0.15, 0.2) is 21.4 Å². The Labute approximate surface area is 163 Å². The van der Waals surface area contributed by atoms with Crippen LogP contribution in [0.3, 0.4) is 0 Å². The second-order valence-electron chi connectivity index (χ2n) is 8.57. The molecule has 1 aliphatic heterocycles. The van der Waals surface area contributed by atoms with Crippen LogP contribution in [-0.2, 0) is 17.6 Å². The Hall–Kier alpha value is -2.60. The summed E-state index contributed by atoms with van der Waals surface area (Å²) >= 11 is 0. The molecule has 28 heavy (non-hydrogen) atoms. The van der Waals surface area contributed by atoms with Gasteiger partial charge in [-0.05, 0) is 59.6 Å². The highest BCUT2D eigenvalue weighted by atomic mass is 16.5. The third-order valence-electron chi connectivity index (χ3n) is 4.74. The van der Waals surface area contributed by atoms with Gasteiger partial charge in [-0.15, -0.1) is 0 Å². The Morgan fingerprint density at radius 3 is 2.57 bits per heavy atom. The van der Waals surface area contributed by atoms with Crippen molar-refractivity contribution in [2.75, 3.05) is 0 Å². The predicted octanol–water partition coefficient (Wildman–Crippen LogP) is 3.52. The number of fused-ring (bicyclic) bond motifs is 3. The summed E-state index contributed by atoms with van der Waals surface area (Å²) in [7, 11) is 0. The maximum absolute atomic E-state index is 13.2. The molecule has 0 saturated heterocycles. The molecular formula is C22H26O6. The van der Waals surface area contributed by atoms with Crippen molar-refractivity contribution < 1.29 is 24.2 Å². The molecule has 0 spiro atoms. The molecule has 2 heterocycles. The van der Waals surface area contributed by atoms with Crippen LogP contribution in [0, 0.1) is 0 Å². The first-order valence-electron chi connectivity index (χ1n) is 9.32. The van der Waals surface area contributed by atoms with Gasteiger partial charge in [0.25, 0.3) is 0 Å². The number of rotatable bonds is 5. The molecule has 0 bridgehead atoms. The molecule has 0 radical (unpaired) electrons. The average Bonchev–Trinajstić information content (AvgIpc) is 2.51. The van der Waals surface area contributed by atoms with Gasteiger partial charge >= 0.3 is 0 Å². The van der Waals surface area contributed by atoms with Gasteiger partial charge in [0.15, 0.2) is 11.0 Å². The lowest BCUT2D eigenvalue weighted by molar-refractivity contribution is -0.116. The molecule has 6 heteroatoms. The van der Waals surface area contributed by atoms with Crippen LogP contribution in [-0.4, -0.2) is 27.2 Å². The highest BCUT2D eigenvalue weighted by molar-refractivity contribution is 5.94. The number of carbonyl (C=O) groups excluding carboxylic acids is 1. The van der Waals surface area contributed by atoms with Gasteiger partial charge in [-0.25, -0.2) is 0 Å². The molecule has 3 rings (SSSR count). The molecule has 2 aromatic rings. The van der Waals surface area contributed by atoms with Crippen molar-refractivity contribution in [3.05, 3.63) is 39.3 Å². The van der Waals surface area contributed by atoms with Crippen LogP contribution < -0.4 is 10.2 Å². The van der Waals surface area contributed by atoms with E-state index in [0.717, 1.165) is 0 Å². The number of hydrogen-bond acceptors (Lipinski definition) is 6. The molecule has 0 unspecified atom stereocenters. The molecule has 6 nitrogen and oxygen atoms in total. The first-order valence-corrected chi connectivity index (χ1v) is 9.32. The van der Waals surface area contributed by atoms with Crippen LogP contribution in [0.5, 0.6) is 11.5 Å². The molecule has 1 aromatic carbocycles. The van der Waals surface area contributed by atoms with Gasteiger partial charge in [0, 0.05) is 11.6 Å². The number of phenolic OH excluding ortho intramolecular Hbond substituents is 1. The third-order valence-corrected chi connectivity index (χ3v) is 4.74. The molecule has 0 fully saturated rings. The van der Waals surface area contributed by atoms with Gasteiger partial charge in [-0.1, -0.05) is 0 Å². The molecule has 0 aliphatic carbocycles. The van der Waals surface area contributed by atoms with Gasteiger partial charge in [0.1, 0.15) is 34.0 Å². The number of phenols is 1. The lowest BCUT2D eigenvalue weighted by Crippen LogP contribution is -2.28. The lowest BCUT2D eigenvalue weighted by Gasteiger charge is -2.28. The Morgan fingerprint density at radius 1 is 1.29 bits per heavy atom. The third kappa shape index (κ3) is 3.97. The van der Waals surface area contributed by atoms with Crippen molar-refractivity contribution in [3.8, 4) is 11.5 Å². The number of carbonyl (C=O) groups is 1. The van der Waals surface area contributed by atoms with Crippen LogP contribution in [0.2, 0.25) is 0 Å². The number of aliphatic hydroxyl groups is 1. The normalized spacial score (nSPS) is 15.4. The summed E-state index contributed by atoms with van der Waals surface area (Å²) < 4.78 is 11.9. The molecule has 150 valence electrons. The monoisotopic (exact) mass is 386 g/mol. The maximum Gasteiger partial charge on any atom is 0.199 e. The topological polar surface area (TPSA) is 97.0 Å². The minimum atomic E-state index is -0.977. The van der Waals surface area contributed by atoms with E-state index in [2.05, 4.69) is 0 Å². The highest BCUT2D eigenvalue weighted by Crippen LogP contribution is 2.40. The fourth-order valence-corrected chi connectivity index (χ4v) is 3.32. The minimum absolute atomic E-state index is 0.0349. The maximum atomic E-state index is 13.2. The van der Waals surface area contributed by atoms with Gasteiger partial charge in [-0.2, -0.15) is 0 Å². The number of benzene rings is 1. The number of ether oxygens (including phenoxy) is 1. The summed E-state index contributed by atoms with van der Waals surface area (Å²) in [5.41, 5.74) is -0.850. The summed E-state index contributed by atoms with van der Waals surface area (Å²) in [5.74, 6) is 0.306. The van der Waals surface area contributed by atoms with E-state index in [-0.39, 0.29) is 46.5 Å². The van der Waals surface area contributed by atoms with E-state index in [1.165, 1.54) is 13.0 Å². The summed E-state index contributed by atoms with van der Waals surface area (Å²) in [6, 6.07) is 1.42. The summed E-state index contributed by atoms with van der Waals surface area (Å²) in [4.78, 5) is 25.0. The van der Waals surface area contributed by atoms with E-state index in [1.54, 1.807) is 19.9 Å². The molecule has 1 aromatic heterocycles. The van der Waals surface area contributed by atoms with E-state index in [4.69, 9.17) is 9.15 Å². The van der Waals surface area contributed by atoms with Crippen molar-refractivity contribution in [2.45, 2.75) is 65.1 Å². The summed E-state index contributed by atoms with van der Waals surface area (Å²) in [5, 5.41) is 20.6. The van der Waals surface area contributed by atoms with Crippen LogP contribution in [0.1, 0.15) is 57.9 Å². The number of hydrogen-bond donors (Lipinski definition) is 2. The van der Waals surface area contributed by atoms with E-state index in [9.17, 15) is 19.8 Å².